The second kappa shape index (κ2) is 5.89. The summed E-state index contributed by atoms with van der Waals surface area (Å²) in [6.45, 7) is 2.90. The zero-order valence-electron chi connectivity index (χ0n) is 12.4. The van der Waals surface area contributed by atoms with Crippen molar-refractivity contribution in [3.8, 4) is 0 Å². The van der Waals surface area contributed by atoms with Crippen LogP contribution in [0.25, 0.3) is 0 Å². The average molecular weight is 318 g/mol. The Morgan fingerprint density at radius 3 is 2.55 bits per heavy atom. The highest BCUT2D eigenvalue weighted by atomic mass is 19.4. The molecular weight excluding hydrogens is 299 g/mol. The number of aliphatic hydroxyl groups is 1. The molecule has 3 atom stereocenters. The topological polar surface area (TPSA) is 46.5 Å². The number of ether oxygens (including phenoxy) is 1. The maximum atomic E-state index is 14.0. The molecule has 122 valence electrons. The SMILES string of the molecule is CCOC(=O)[N@+]1(C(F)(F)F)c2ccccc2[C@@H](O)CC1CC. The molecule has 2 rings (SSSR count). The zero-order valence-corrected chi connectivity index (χ0v) is 12.4. The fraction of sp³-hybridized carbons (Fsp3) is 0.533. The summed E-state index contributed by atoms with van der Waals surface area (Å²) in [4.78, 5) is 12.4. The number of aliphatic hydroxyl groups excluding tert-OH is 1. The molecule has 0 bridgehead atoms. The van der Waals surface area contributed by atoms with Gasteiger partial charge < -0.3 is 9.84 Å². The number of rotatable bonds is 2. The molecule has 0 saturated carbocycles. The predicted octanol–water partition coefficient (Wildman–Crippen LogP) is 3.89. The Kier molecular flexibility index (Phi) is 4.49. The Balaban J connectivity index is 2.77. The van der Waals surface area contributed by atoms with Crippen LogP contribution in [-0.2, 0) is 4.74 Å². The molecule has 0 fully saturated rings. The fourth-order valence-electron chi connectivity index (χ4n) is 3.19. The number of nitrogens with zero attached hydrogens (tertiary/aromatic N) is 1. The first-order valence-electron chi connectivity index (χ1n) is 7.21. The lowest BCUT2D eigenvalue weighted by Gasteiger charge is -2.44. The zero-order chi connectivity index (χ0) is 16.5. The van der Waals surface area contributed by atoms with E-state index in [-0.39, 0.29) is 30.7 Å². The molecule has 22 heavy (non-hydrogen) atoms. The molecule has 0 aliphatic carbocycles. The summed E-state index contributed by atoms with van der Waals surface area (Å²) in [5, 5.41) is 10.1. The van der Waals surface area contributed by atoms with Gasteiger partial charge in [-0.1, -0.05) is 29.6 Å². The van der Waals surface area contributed by atoms with Gasteiger partial charge in [0.1, 0.15) is 6.04 Å². The van der Waals surface area contributed by atoms with Gasteiger partial charge >= 0.3 is 12.4 Å². The first kappa shape index (κ1) is 16.8. The summed E-state index contributed by atoms with van der Waals surface area (Å²) in [6, 6.07) is 4.52. The van der Waals surface area contributed by atoms with E-state index in [2.05, 4.69) is 0 Å². The monoisotopic (exact) mass is 318 g/mol. The van der Waals surface area contributed by atoms with Crippen molar-refractivity contribution in [1.82, 2.24) is 4.48 Å². The van der Waals surface area contributed by atoms with Crippen LogP contribution in [0.1, 0.15) is 38.4 Å². The van der Waals surface area contributed by atoms with E-state index in [4.69, 9.17) is 4.74 Å². The van der Waals surface area contributed by atoms with E-state index in [9.17, 15) is 23.1 Å². The molecule has 1 N–H and O–H groups in total. The Hall–Kier alpha value is -1.60. The third-order valence-electron chi connectivity index (χ3n) is 4.15. The second-order valence-corrected chi connectivity index (χ2v) is 5.26. The van der Waals surface area contributed by atoms with Crippen molar-refractivity contribution in [3.63, 3.8) is 0 Å². The highest BCUT2D eigenvalue weighted by molar-refractivity contribution is 5.85. The first-order valence-corrected chi connectivity index (χ1v) is 7.21. The van der Waals surface area contributed by atoms with Gasteiger partial charge in [-0.05, 0) is 13.3 Å². The summed E-state index contributed by atoms with van der Waals surface area (Å²) >= 11 is 0. The minimum absolute atomic E-state index is 0.0870. The number of carbonyl (C=O) groups excluding carboxylic acids is 1. The Bertz CT molecular complexity index is 561. The number of alkyl halides is 3. The van der Waals surface area contributed by atoms with Crippen LogP contribution in [0.2, 0.25) is 0 Å². The van der Waals surface area contributed by atoms with Gasteiger partial charge in [0.25, 0.3) is 0 Å². The minimum atomic E-state index is -4.86. The van der Waals surface area contributed by atoms with Crippen LogP contribution >= 0.6 is 0 Å². The number of carbonyl (C=O) groups is 1. The third kappa shape index (κ3) is 2.28. The standard InChI is InChI=1S/C15H19F3NO3/c1-3-10-9-13(20)11-7-5-6-8-12(11)19(10,15(16,17)18)14(21)22-4-2/h5-8,10,13,20H,3-4,9H2,1-2H3/q+1/t10?,13-,19+/m0/s1. The largest absolute Gasteiger partial charge is 0.576 e. The Labute approximate surface area is 126 Å². The lowest BCUT2D eigenvalue weighted by Crippen LogP contribution is -2.70. The van der Waals surface area contributed by atoms with Crippen LogP contribution < -0.4 is 4.48 Å². The molecule has 1 aromatic rings. The summed E-state index contributed by atoms with van der Waals surface area (Å²) < 4.78 is 44.9. The molecule has 1 aliphatic rings. The van der Waals surface area contributed by atoms with Crippen molar-refractivity contribution in [2.45, 2.75) is 45.1 Å². The van der Waals surface area contributed by atoms with Gasteiger partial charge in [0.15, 0.2) is 5.69 Å². The molecule has 4 nitrogen and oxygen atoms in total. The number of halogens is 3. The van der Waals surface area contributed by atoms with Gasteiger partial charge in [-0.15, -0.1) is 13.2 Å². The van der Waals surface area contributed by atoms with E-state index < -0.39 is 29.0 Å². The Morgan fingerprint density at radius 2 is 2.00 bits per heavy atom. The predicted molar refractivity (Wildman–Crippen MR) is 75.0 cm³/mol. The molecular formula is C15H19F3NO3+. The molecule has 0 radical (unpaired) electrons. The highest BCUT2D eigenvalue weighted by Gasteiger charge is 2.69. The second-order valence-electron chi connectivity index (χ2n) is 5.26. The van der Waals surface area contributed by atoms with Crippen molar-refractivity contribution in [2.24, 2.45) is 0 Å². The van der Waals surface area contributed by atoms with Crippen molar-refractivity contribution < 1.29 is 27.8 Å². The Morgan fingerprint density at radius 1 is 1.36 bits per heavy atom. The number of hydrogen-bond acceptors (Lipinski definition) is 3. The van der Waals surface area contributed by atoms with Gasteiger partial charge in [-0.3, -0.25) is 0 Å². The number of para-hydroxylation sites is 1. The summed E-state index contributed by atoms with van der Waals surface area (Å²) in [6.07, 6.45) is -7.29. The van der Waals surface area contributed by atoms with Crippen LogP contribution in [0.5, 0.6) is 0 Å². The summed E-state index contributed by atoms with van der Waals surface area (Å²) in [5.74, 6) is 0. The van der Waals surface area contributed by atoms with Gasteiger partial charge in [0.05, 0.1) is 12.7 Å². The first-order chi connectivity index (χ1) is 10.3. The van der Waals surface area contributed by atoms with Crippen LogP contribution in [0.3, 0.4) is 0 Å². The van der Waals surface area contributed by atoms with Gasteiger partial charge in [0, 0.05) is 18.1 Å². The van der Waals surface area contributed by atoms with Crippen LogP contribution in [0.15, 0.2) is 24.3 Å². The maximum absolute atomic E-state index is 14.0. The molecule has 1 unspecified atom stereocenters. The number of fused-ring (bicyclic) bond motifs is 1. The van der Waals surface area contributed by atoms with Crippen LogP contribution in [0, 0.1) is 0 Å². The number of quaternary nitrogens is 1. The molecule has 0 saturated heterocycles. The molecule has 1 heterocycles. The number of hydrogen-bond donors (Lipinski definition) is 1. The fourth-order valence-corrected chi connectivity index (χ4v) is 3.19. The highest BCUT2D eigenvalue weighted by Crippen LogP contribution is 2.50. The third-order valence-corrected chi connectivity index (χ3v) is 4.15. The summed E-state index contributed by atoms with van der Waals surface area (Å²) in [7, 11) is 0. The smallest absolute Gasteiger partial charge is 0.420 e. The number of benzene rings is 1. The number of amides is 1. The molecule has 1 aliphatic heterocycles. The van der Waals surface area contributed by atoms with Crippen molar-refractivity contribution in [3.05, 3.63) is 29.8 Å². The lowest BCUT2D eigenvalue weighted by molar-refractivity contribution is -0.241. The van der Waals surface area contributed by atoms with Crippen molar-refractivity contribution in [1.29, 1.82) is 0 Å². The summed E-state index contributed by atoms with van der Waals surface area (Å²) in [5.41, 5.74) is -0.128. The van der Waals surface area contributed by atoms with Crippen LogP contribution in [-0.4, -0.2) is 30.1 Å². The van der Waals surface area contributed by atoms with E-state index in [0.29, 0.717) is 0 Å². The van der Waals surface area contributed by atoms with E-state index in [1.165, 1.54) is 25.1 Å². The average Bonchev–Trinajstić information content (AvgIpc) is 2.46. The van der Waals surface area contributed by atoms with Crippen LogP contribution in [0.4, 0.5) is 23.7 Å². The normalized spacial score (nSPS) is 28.1. The molecule has 1 aromatic carbocycles. The van der Waals surface area contributed by atoms with E-state index >= 15 is 0 Å². The quantitative estimate of drug-likeness (QED) is 0.665. The van der Waals surface area contributed by atoms with E-state index in [1.54, 1.807) is 13.0 Å². The van der Waals surface area contributed by atoms with Crippen molar-refractivity contribution in [2.75, 3.05) is 6.61 Å². The molecule has 0 spiro atoms. The minimum Gasteiger partial charge on any atom is -0.420 e. The van der Waals surface area contributed by atoms with Gasteiger partial charge in [-0.25, -0.2) is 0 Å². The van der Waals surface area contributed by atoms with Gasteiger partial charge in [0.2, 0.25) is 0 Å². The maximum Gasteiger partial charge on any atom is 0.576 e. The van der Waals surface area contributed by atoms with Crippen molar-refractivity contribution >= 4 is 11.8 Å². The molecule has 7 heteroatoms. The van der Waals surface area contributed by atoms with E-state index in [0.717, 1.165) is 0 Å². The molecule has 1 amide bonds. The molecule has 0 aromatic heterocycles. The lowest BCUT2D eigenvalue weighted by atomic mass is 9.89. The van der Waals surface area contributed by atoms with E-state index in [1.807, 2.05) is 0 Å². The van der Waals surface area contributed by atoms with Gasteiger partial charge in [-0.2, -0.15) is 4.79 Å².